The zero-order chi connectivity index (χ0) is 15.3. The standard InChI is InChI=1S/C14H15N5O2S/c15-12(21)13-16-17-14(22-13)18-5-8-4-9(7-18)10-2-1-3-11(20)19(10)6-8/h1-3,8-9H,4-7H2,(H2,15,21). The van der Waals surface area contributed by atoms with Gasteiger partial charge in [0, 0.05) is 37.3 Å². The smallest absolute Gasteiger partial charge is 0.279 e. The van der Waals surface area contributed by atoms with Crippen molar-refractivity contribution in [1.82, 2.24) is 14.8 Å². The molecule has 2 aromatic rings. The molecular formula is C14H15N5O2S. The van der Waals surface area contributed by atoms with E-state index in [9.17, 15) is 9.59 Å². The average molecular weight is 317 g/mol. The zero-order valence-corrected chi connectivity index (χ0v) is 12.6. The number of hydrogen-bond donors (Lipinski definition) is 1. The van der Waals surface area contributed by atoms with E-state index in [1.807, 2.05) is 16.7 Å². The third-order valence-corrected chi connectivity index (χ3v) is 5.37. The van der Waals surface area contributed by atoms with Crippen LogP contribution < -0.4 is 16.2 Å². The van der Waals surface area contributed by atoms with Crippen molar-refractivity contribution in [2.45, 2.75) is 18.9 Å². The summed E-state index contributed by atoms with van der Waals surface area (Å²) in [4.78, 5) is 25.3. The van der Waals surface area contributed by atoms with Gasteiger partial charge in [0.2, 0.25) is 10.1 Å². The Kier molecular flexibility index (Phi) is 3.00. The van der Waals surface area contributed by atoms with E-state index in [4.69, 9.17) is 5.73 Å². The molecule has 1 amide bonds. The van der Waals surface area contributed by atoms with Crippen molar-refractivity contribution in [2.24, 2.45) is 11.7 Å². The molecule has 0 radical (unpaired) electrons. The van der Waals surface area contributed by atoms with Crippen LogP contribution in [0.5, 0.6) is 0 Å². The second kappa shape index (κ2) is 4.91. The van der Waals surface area contributed by atoms with Crippen molar-refractivity contribution in [3.8, 4) is 0 Å². The summed E-state index contributed by atoms with van der Waals surface area (Å²) in [7, 11) is 0. The minimum absolute atomic E-state index is 0.0765. The molecule has 4 rings (SSSR count). The Morgan fingerprint density at radius 2 is 2.14 bits per heavy atom. The first-order valence-corrected chi connectivity index (χ1v) is 8.01. The van der Waals surface area contributed by atoms with Crippen molar-refractivity contribution in [2.75, 3.05) is 18.0 Å². The third-order valence-electron chi connectivity index (χ3n) is 4.38. The second-order valence-electron chi connectivity index (χ2n) is 5.86. The van der Waals surface area contributed by atoms with Crippen molar-refractivity contribution in [3.05, 3.63) is 39.3 Å². The van der Waals surface area contributed by atoms with Gasteiger partial charge >= 0.3 is 0 Å². The molecular weight excluding hydrogens is 302 g/mol. The number of hydrogen-bond acceptors (Lipinski definition) is 6. The van der Waals surface area contributed by atoms with Crippen LogP contribution in [-0.4, -0.2) is 33.8 Å². The molecule has 0 spiro atoms. The summed E-state index contributed by atoms with van der Waals surface area (Å²) in [6.07, 6.45) is 1.08. The van der Waals surface area contributed by atoms with Crippen LogP contribution in [0.3, 0.4) is 0 Å². The quantitative estimate of drug-likeness (QED) is 0.866. The summed E-state index contributed by atoms with van der Waals surface area (Å²) < 4.78 is 1.89. The van der Waals surface area contributed by atoms with E-state index in [2.05, 4.69) is 15.1 Å². The Morgan fingerprint density at radius 1 is 1.27 bits per heavy atom. The number of aromatic nitrogens is 3. The highest BCUT2D eigenvalue weighted by atomic mass is 32.1. The highest BCUT2D eigenvalue weighted by Gasteiger charge is 2.35. The monoisotopic (exact) mass is 317 g/mol. The van der Waals surface area contributed by atoms with Gasteiger partial charge < -0.3 is 15.2 Å². The van der Waals surface area contributed by atoms with E-state index in [0.29, 0.717) is 11.8 Å². The molecule has 1 fully saturated rings. The van der Waals surface area contributed by atoms with Gasteiger partial charge in [-0.3, -0.25) is 9.59 Å². The van der Waals surface area contributed by atoms with Crippen LogP contribution >= 0.6 is 11.3 Å². The van der Waals surface area contributed by atoms with Gasteiger partial charge in [-0.2, -0.15) is 0 Å². The van der Waals surface area contributed by atoms with Crippen molar-refractivity contribution >= 4 is 22.4 Å². The highest BCUT2D eigenvalue weighted by Crippen LogP contribution is 2.37. The minimum Gasteiger partial charge on any atom is -0.363 e. The van der Waals surface area contributed by atoms with Gasteiger partial charge in [0.1, 0.15) is 0 Å². The lowest BCUT2D eigenvalue weighted by Gasteiger charge is -2.42. The van der Waals surface area contributed by atoms with Crippen molar-refractivity contribution in [1.29, 1.82) is 0 Å². The van der Waals surface area contributed by atoms with Gasteiger partial charge in [0.05, 0.1) is 0 Å². The maximum atomic E-state index is 12.0. The molecule has 22 heavy (non-hydrogen) atoms. The predicted molar refractivity (Wildman–Crippen MR) is 82.2 cm³/mol. The normalized spacial score (nSPS) is 23.2. The van der Waals surface area contributed by atoms with E-state index < -0.39 is 5.91 Å². The van der Waals surface area contributed by atoms with Crippen LogP contribution in [0, 0.1) is 5.92 Å². The molecule has 1 saturated heterocycles. The summed E-state index contributed by atoms with van der Waals surface area (Å²) in [5.41, 5.74) is 6.41. The minimum atomic E-state index is -0.544. The molecule has 2 aliphatic heterocycles. The molecule has 2 atom stereocenters. The number of carbonyl (C=O) groups is 1. The van der Waals surface area contributed by atoms with Crippen LogP contribution in [0.2, 0.25) is 0 Å². The van der Waals surface area contributed by atoms with Crippen LogP contribution in [0.25, 0.3) is 0 Å². The first kappa shape index (κ1) is 13.4. The van der Waals surface area contributed by atoms with Gasteiger partial charge in [-0.15, -0.1) is 10.2 Å². The molecule has 2 unspecified atom stereocenters. The van der Waals surface area contributed by atoms with E-state index in [1.165, 1.54) is 11.3 Å². The van der Waals surface area contributed by atoms with Crippen LogP contribution in [0.15, 0.2) is 23.0 Å². The van der Waals surface area contributed by atoms with Crippen molar-refractivity contribution in [3.63, 3.8) is 0 Å². The number of rotatable bonds is 2. The Hall–Kier alpha value is -2.22. The summed E-state index contributed by atoms with van der Waals surface area (Å²) in [6, 6.07) is 5.47. The number of fused-ring (bicyclic) bond motifs is 4. The Labute approximate surface area is 130 Å². The van der Waals surface area contributed by atoms with Gasteiger partial charge in [-0.25, -0.2) is 0 Å². The maximum Gasteiger partial charge on any atom is 0.279 e. The lowest BCUT2D eigenvalue weighted by atomic mass is 9.83. The fraction of sp³-hybridized carbons (Fsp3) is 0.429. The summed E-state index contributed by atoms with van der Waals surface area (Å²) in [5, 5.41) is 8.90. The molecule has 0 aromatic carbocycles. The number of amides is 1. The van der Waals surface area contributed by atoms with Gasteiger partial charge in [-0.05, 0) is 18.4 Å². The predicted octanol–water partition coefficient (Wildman–Crippen LogP) is 0.422. The Balaban J connectivity index is 1.65. The lowest BCUT2D eigenvalue weighted by Crippen LogP contribution is -2.47. The largest absolute Gasteiger partial charge is 0.363 e. The van der Waals surface area contributed by atoms with E-state index in [1.54, 1.807) is 6.07 Å². The van der Waals surface area contributed by atoms with Gasteiger partial charge in [0.15, 0.2) is 0 Å². The molecule has 0 saturated carbocycles. The van der Waals surface area contributed by atoms with Crippen molar-refractivity contribution < 1.29 is 4.79 Å². The van der Waals surface area contributed by atoms with Crippen LogP contribution in [0.4, 0.5) is 5.13 Å². The number of anilines is 1. The molecule has 2 bridgehead atoms. The number of nitrogens with zero attached hydrogens (tertiary/aromatic N) is 4. The second-order valence-corrected chi connectivity index (χ2v) is 6.81. The van der Waals surface area contributed by atoms with E-state index in [-0.39, 0.29) is 10.6 Å². The average Bonchev–Trinajstić information content (AvgIpc) is 2.98. The molecule has 8 heteroatoms. The van der Waals surface area contributed by atoms with Gasteiger partial charge in [0.25, 0.3) is 11.5 Å². The number of pyridine rings is 1. The first-order chi connectivity index (χ1) is 10.6. The third kappa shape index (κ3) is 2.10. The fourth-order valence-electron chi connectivity index (χ4n) is 3.50. The molecule has 4 heterocycles. The maximum absolute atomic E-state index is 12.0. The van der Waals surface area contributed by atoms with E-state index >= 15 is 0 Å². The highest BCUT2D eigenvalue weighted by molar-refractivity contribution is 7.17. The Morgan fingerprint density at radius 3 is 2.91 bits per heavy atom. The zero-order valence-electron chi connectivity index (χ0n) is 11.8. The van der Waals surface area contributed by atoms with E-state index in [0.717, 1.165) is 36.9 Å². The van der Waals surface area contributed by atoms with Crippen LogP contribution in [-0.2, 0) is 6.54 Å². The molecule has 2 N–H and O–H groups in total. The number of primary amides is 1. The topological polar surface area (TPSA) is 94.1 Å². The molecule has 2 aliphatic rings. The summed E-state index contributed by atoms with van der Waals surface area (Å²) >= 11 is 1.23. The molecule has 2 aromatic heterocycles. The first-order valence-electron chi connectivity index (χ1n) is 7.20. The fourth-order valence-corrected chi connectivity index (χ4v) is 4.21. The molecule has 0 aliphatic carbocycles. The molecule has 114 valence electrons. The molecule has 7 nitrogen and oxygen atoms in total. The SMILES string of the molecule is NC(=O)c1nnc(N2CC3CC(C2)c2cccc(=O)n2C3)s1. The van der Waals surface area contributed by atoms with Crippen LogP contribution in [0.1, 0.15) is 27.8 Å². The number of nitrogens with two attached hydrogens (primary N) is 1. The summed E-state index contributed by atoms with van der Waals surface area (Å²) in [5.74, 6) is 0.174. The van der Waals surface area contributed by atoms with Gasteiger partial charge in [-0.1, -0.05) is 17.4 Å². The lowest BCUT2D eigenvalue weighted by molar-refractivity contribution is 0.0999. The Bertz CT molecular complexity index is 799. The summed E-state index contributed by atoms with van der Waals surface area (Å²) in [6.45, 7) is 2.35. The number of carbonyl (C=O) groups excluding carboxylic acids is 1. The number of piperidine rings is 1.